The summed E-state index contributed by atoms with van der Waals surface area (Å²) in [6.45, 7) is 9.81. The first kappa shape index (κ1) is 16.0. The third kappa shape index (κ3) is 4.56. The average Bonchev–Trinajstić information content (AvgIpc) is 2.74. The predicted molar refractivity (Wildman–Crippen MR) is 84.1 cm³/mol. The summed E-state index contributed by atoms with van der Waals surface area (Å²) >= 11 is 0. The zero-order chi connectivity index (χ0) is 15.4. The molecule has 0 radical (unpaired) electrons. The highest BCUT2D eigenvalue weighted by Gasteiger charge is 2.23. The van der Waals surface area contributed by atoms with Crippen LogP contribution in [-0.2, 0) is 11.3 Å². The Labute approximate surface area is 127 Å². The van der Waals surface area contributed by atoms with Crippen LogP contribution in [0.1, 0.15) is 31.2 Å². The van der Waals surface area contributed by atoms with Crippen molar-refractivity contribution < 1.29 is 4.79 Å². The van der Waals surface area contributed by atoms with Gasteiger partial charge < -0.3 is 10.2 Å². The average molecular weight is 292 g/mol. The van der Waals surface area contributed by atoms with Crippen molar-refractivity contribution in [3.8, 4) is 0 Å². The van der Waals surface area contributed by atoms with Crippen LogP contribution in [0, 0.1) is 25.7 Å². The summed E-state index contributed by atoms with van der Waals surface area (Å²) in [5.41, 5.74) is 2.23. The van der Waals surface area contributed by atoms with Crippen LogP contribution in [0.25, 0.3) is 0 Å². The van der Waals surface area contributed by atoms with E-state index in [0.29, 0.717) is 5.92 Å². The maximum absolute atomic E-state index is 12.2. The number of hydrogen-bond donors (Lipinski definition) is 1. The van der Waals surface area contributed by atoms with Gasteiger partial charge in [-0.1, -0.05) is 6.92 Å². The molecule has 1 amide bonds. The van der Waals surface area contributed by atoms with E-state index in [1.807, 2.05) is 11.6 Å². The standard InChI is InChI=1S/C16H28N4O/c1-12(10-20-14(3)8-13(2)18-20)9-17-16(21)15-6-5-7-19(4)11-15/h8,12,15H,5-7,9-11H2,1-4H3,(H,17,21)/t12-,15-/m1/s1. The molecule has 0 unspecified atom stereocenters. The van der Waals surface area contributed by atoms with Gasteiger partial charge in [0.05, 0.1) is 11.6 Å². The van der Waals surface area contributed by atoms with Crippen molar-refractivity contribution in [3.05, 3.63) is 17.5 Å². The Morgan fingerprint density at radius 2 is 2.29 bits per heavy atom. The van der Waals surface area contributed by atoms with Gasteiger partial charge in [-0.15, -0.1) is 0 Å². The number of carbonyl (C=O) groups is 1. The molecule has 0 aromatic carbocycles. The monoisotopic (exact) mass is 292 g/mol. The van der Waals surface area contributed by atoms with Crippen molar-refractivity contribution in [1.29, 1.82) is 0 Å². The molecule has 118 valence electrons. The number of aryl methyl sites for hydroxylation is 2. The van der Waals surface area contributed by atoms with Crippen LogP contribution in [0.3, 0.4) is 0 Å². The van der Waals surface area contributed by atoms with Gasteiger partial charge in [0.15, 0.2) is 0 Å². The molecule has 21 heavy (non-hydrogen) atoms. The summed E-state index contributed by atoms with van der Waals surface area (Å²) in [7, 11) is 2.09. The van der Waals surface area contributed by atoms with Gasteiger partial charge in [-0.2, -0.15) is 5.10 Å². The molecule has 1 saturated heterocycles. The van der Waals surface area contributed by atoms with Crippen LogP contribution in [0.5, 0.6) is 0 Å². The molecule has 0 saturated carbocycles. The highest BCUT2D eigenvalue weighted by Crippen LogP contribution is 2.15. The Balaban J connectivity index is 1.77. The van der Waals surface area contributed by atoms with Gasteiger partial charge in [0.2, 0.25) is 5.91 Å². The lowest BCUT2D eigenvalue weighted by atomic mass is 9.97. The van der Waals surface area contributed by atoms with Crippen LogP contribution in [0.4, 0.5) is 0 Å². The Morgan fingerprint density at radius 1 is 1.52 bits per heavy atom. The number of rotatable bonds is 5. The molecule has 0 aliphatic carbocycles. The second kappa shape index (κ2) is 7.07. The van der Waals surface area contributed by atoms with Crippen molar-refractivity contribution in [3.63, 3.8) is 0 Å². The van der Waals surface area contributed by atoms with Crippen molar-refractivity contribution in [2.75, 3.05) is 26.7 Å². The molecule has 1 aliphatic heterocycles. The van der Waals surface area contributed by atoms with Crippen LogP contribution in [-0.4, -0.2) is 47.3 Å². The van der Waals surface area contributed by atoms with Crippen molar-refractivity contribution in [1.82, 2.24) is 20.0 Å². The molecule has 1 N–H and O–H groups in total. The quantitative estimate of drug-likeness (QED) is 0.897. The Kier molecular flexibility index (Phi) is 5.39. The Hall–Kier alpha value is -1.36. The minimum atomic E-state index is 0.157. The number of nitrogens with one attached hydrogen (secondary N) is 1. The molecule has 1 aliphatic rings. The van der Waals surface area contributed by atoms with Crippen LogP contribution in [0.2, 0.25) is 0 Å². The molecule has 0 bridgehead atoms. The van der Waals surface area contributed by atoms with E-state index in [1.54, 1.807) is 0 Å². The summed E-state index contributed by atoms with van der Waals surface area (Å²) in [5, 5.41) is 7.59. The van der Waals surface area contributed by atoms with Gasteiger partial charge in [-0.25, -0.2) is 0 Å². The zero-order valence-electron chi connectivity index (χ0n) is 13.7. The van der Waals surface area contributed by atoms with Gasteiger partial charge in [0.1, 0.15) is 0 Å². The van der Waals surface area contributed by atoms with E-state index >= 15 is 0 Å². The molecule has 2 atom stereocenters. The highest BCUT2D eigenvalue weighted by molar-refractivity contribution is 5.78. The molecule has 0 spiro atoms. The fraction of sp³-hybridized carbons (Fsp3) is 0.750. The first-order valence-corrected chi connectivity index (χ1v) is 7.93. The molecular weight excluding hydrogens is 264 g/mol. The second-order valence-electron chi connectivity index (χ2n) is 6.56. The van der Waals surface area contributed by atoms with Gasteiger partial charge in [0, 0.05) is 25.3 Å². The molecule has 2 rings (SSSR count). The third-order valence-electron chi connectivity index (χ3n) is 4.21. The maximum Gasteiger partial charge on any atom is 0.224 e. The second-order valence-corrected chi connectivity index (χ2v) is 6.56. The van der Waals surface area contributed by atoms with Crippen molar-refractivity contribution in [2.24, 2.45) is 11.8 Å². The Bertz CT molecular complexity index is 483. The minimum Gasteiger partial charge on any atom is -0.355 e. The van der Waals surface area contributed by atoms with E-state index < -0.39 is 0 Å². The number of nitrogens with zero attached hydrogens (tertiary/aromatic N) is 3. The minimum absolute atomic E-state index is 0.157. The van der Waals surface area contributed by atoms with Crippen LogP contribution in [0.15, 0.2) is 6.07 Å². The number of likely N-dealkylation sites (tertiary alicyclic amines) is 1. The lowest BCUT2D eigenvalue weighted by Gasteiger charge is -2.29. The topological polar surface area (TPSA) is 50.2 Å². The molecule has 1 aromatic rings. The normalized spacial score (nSPS) is 21.2. The number of carbonyl (C=O) groups excluding carboxylic acids is 1. The summed E-state index contributed by atoms with van der Waals surface area (Å²) in [6, 6.07) is 2.09. The number of aromatic nitrogens is 2. The molecule has 1 fully saturated rings. The van der Waals surface area contributed by atoms with Crippen LogP contribution < -0.4 is 5.32 Å². The lowest BCUT2D eigenvalue weighted by Crippen LogP contribution is -2.42. The van der Waals surface area contributed by atoms with Crippen molar-refractivity contribution >= 4 is 5.91 Å². The highest BCUT2D eigenvalue weighted by atomic mass is 16.1. The predicted octanol–water partition coefficient (Wildman–Crippen LogP) is 1.59. The van der Waals surface area contributed by atoms with E-state index in [2.05, 4.69) is 42.3 Å². The lowest BCUT2D eigenvalue weighted by molar-refractivity contribution is -0.126. The number of hydrogen-bond acceptors (Lipinski definition) is 3. The molecule has 2 heterocycles. The van der Waals surface area contributed by atoms with E-state index in [9.17, 15) is 4.79 Å². The third-order valence-corrected chi connectivity index (χ3v) is 4.21. The first-order valence-electron chi connectivity index (χ1n) is 7.93. The van der Waals surface area contributed by atoms with Gasteiger partial charge in [0.25, 0.3) is 0 Å². The van der Waals surface area contributed by atoms with Gasteiger partial charge in [-0.3, -0.25) is 9.48 Å². The summed E-state index contributed by atoms with van der Waals surface area (Å²) in [5.74, 6) is 0.750. The van der Waals surface area contributed by atoms with E-state index in [4.69, 9.17) is 0 Å². The van der Waals surface area contributed by atoms with Crippen molar-refractivity contribution in [2.45, 2.75) is 40.2 Å². The summed E-state index contributed by atoms with van der Waals surface area (Å²) < 4.78 is 2.03. The smallest absolute Gasteiger partial charge is 0.224 e. The Morgan fingerprint density at radius 3 is 2.90 bits per heavy atom. The fourth-order valence-electron chi connectivity index (χ4n) is 3.02. The van der Waals surface area contributed by atoms with Crippen LogP contribution >= 0.6 is 0 Å². The molecule has 5 heteroatoms. The first-order chi connectivity index (χ1) is 9.95. The summed E-state index contributed by atoms with van der Waals surface area (Å²) in [6.07, 6.45) is 2.14. The number of amides is 1. The molecule has 5 nitrogen and oxygen atoms in total. The fourth-order valence-corrected chi connectivity index (χ4v) is 3.02. The summed E-state index contributed by atoms with van der Waals surface area (Å²) in [4.78, 5) is 14.5. The SMILES string of the molecule is Cc1cc(C)n(C[C@H](C)CNC(=O)[C@@H]2CCCN(C)C2)n1. The van der Waals surface area contributed by atoms with Gasteiger partial charge in [-0.05, 0) is 52.3 Å². The van der Waals surface area contributed by atoms with E-state index in [0.717, 1.165) is 44.7 Å². The van der Waals surface area contributed by atoms with E-state index in [-0.39, 0.29) is 11.8 Å². The van der Waals surface area contributed by atoms with E-state index in [1.165, 1.54) is 5.69 Å². The number of piperidine rings is 1. The largest absolute Gasteiger partial charge is 0.355 e. The zero-order valence-corrected chi connectivity index (χ0v) is 13.7. The molecular formula is C16H28N4O. The maximum atomic E-state index is 12.2. The molecule has 1 aromatic heterocycles. The van der Waals surface area contributed by atoms with Gasteiger partial charge >= 0.3 is 0 Å².